The SMILES string of the molecule is CCC1C=C(C)CC(C)CC(OC)C2OC(O)(C(=O)C(=O)N3CCCCC3C(=O)OC(C(C)=CC3CCC(OC)C(OS(=O)(=O)c4ccccc4[N+](=O)[O-])C3)C(C)C(O[Si](C(C)C)(C(C)C)C(C)C)CC1=O)C(C)CC2OC. The number of fused-ring (bicyclic) bond motifs is 3. The first kappa shape index (κ1) is 65.1. The van der Waals surface area contributed by atoms with Crippen molar-refractivity contribution in [1.29, 1.82) is 0 Å². The number of para-hydroxylation sites is 1. The molecule has 5 rings (SSSR count). The number of methoxy groups -OCH3 is 3. The minimum atomic E-state index is -4.66. The van der Waals surface area contributed by atoms with Crippen molar-refractivity contribution in [2.24, 2.45) is 29.6 Å². The van der Waals surface area contributed by atoms with Crippen LogP contribution in [0.5, 0.6) is 0 Å². The molecule has 2 saturated heterocycles. The maximum absolute atomic E-state index is 15.2. The van der Waals surface area contributed by atoms with E-state index in [2.05, 4.69) is 48.5 Å². The molecule has 1 N–H and O–H groups in total. The lowest BCUT2D eigenvalue weighted by molar-refractivity contribution is -0.387. The van der Waals surface area contributed by atoms with Crippen molar-refractivity contribution in [3.8, 4) is 0 Å². The van der Waals surface area contributed by atoms with Crippen LogP contribution < -0.4 is 0 Å². The van der Waals surface area contributed by atoms with Crippen LogP contribution in [-0.2, 0) is 61.6 Å². The van der Waals surface area contributed by atoms with E-state index in [4.69, 9.17) is 32.3 Å². The zero-order valence-corrected chi connectivity index (χ0v) is 50.9. The third-order valence-corrected chi connectivity index (χ3v) is 25.0. The smallest absolute Gasteiger partial charge is 0.329 e. The lowest BCUT2D eigenvalue weighted by atomic mass is 9.81. The molecule has 14 unspecified atom stereocenters. The number of nitrogens with zero attached hydrogens (tertiary/aromatic N) is 2. The van der Waals surface area contributed by atoms with Gasteiger partial charge in [-0.1, -0.05) is 99.1 Å². The summed E-state index contributed by atoms with van der Waals surface area (Å²) in [6, 6.07) is 3.75. The third kappa shape index (κ3) is 14.7. The zero-order chi connectivity index (χ0) is 58.2. The van der Waals surface area contributed by atoms with Crippen molar-refractivity contribution in [3.63, 3.8) is 0 Å². The van der Waals surface area contributed by atoms with E-state index in [1.807, 2.05) is 39.8 Å². The quantitative estimate of drug-likeness (QED) is 0.0327. The number of esters is 1. The average Bonchev–Trinajstić information content (AvgIpc) is 3.45. The monoisotopic (exact) mass is 1130 g/mol. The standard InChI is InChI=1S/C58H92N2O16SSi/c1-16-43-28-37(8)27-38(9)29-50(71-14)54-51(72-15)31-40(11)58(65,74-54)55(62)56(63)59-26-20-19-22-45(59)57(64)73-53(41(12)48(33-46(43)61)76-78(34(2)3,35(4)5)36(6)7)39(10)30-42-24-25-47(70-13)49(32-42)75-77(68,69)52-23-18-17-21-44(52)60(66)67/h17-18,21,23,28,30,34-36,38,40-43,45,47-51,53-54,65H,16,19-20,22,24-27,29,31-33H2,1-15H3. The van der Waals surface area contributed by atoms with Gasteiger partial charge >= 0.3 is 16.1 Å². The van der Waals surface area contributed by atoms with Crippen molar-refractivity contribution in [1.82, 2.24) is 4.90 Å². The van der Waals surface area contributed by atoms with E-state index < -0.39 is 124 Å². The highest BCUT2D eigenvalue weighted by atomic mass is 32.2. The number of nitro groups is 1. The molecule has 4 aliphatic rings. The number of rotatable bonds is 15. The van der Waals surface area contributed by atoms with Crippen LogP contribution in [0.3, 0.4) is 0 Å². The van der Waals surface area contributed by atoms with E-state index in [0.29, 0.717) is 50.5 Å². The molecule has 3 heterocycles. The predicted octanol–water partition coefficient (Wildman–Crippen LogP) is 9.99. The Hall–Kier alpha value is -3.73. The van der Waals surface area contributed by atoms with Gasteiger partial charge in [-0.05, 0) is 118 Å². The molecule has 2 bridgehead atoms. The molecule has 20 heteroatoms. The van der Waals surface area contributed by atoms with Crippen molar-refractivity contribution >= 4 is 47.6 Å². The van der Waals surface area contributed by atoms with Crippen molar-refractivity contribution in [2.45, 2.75) is 230 Å². The van der Waals surface area contributed by atoms with Gasteiger partial charge in [-0.25, -0.2) is 4.79 Å². The maximum atomic E-state index is 15.2. The molecule has 0 spiro atoms. The summed E-state index contributed by atoms with van der Waals surface area (Å²) >= 11 is 0. The molecule has 440 valence electrons. The summed E-state index contributed by atoms with van der Waals surface area (Å²) in [6.45, 7) is 24.4. The second kappa shape index (κ2) is 27.8. The molecular weight excluding hydrogens is 1040 g/mol. The summed E-state index contributed by atoms with van der Waals surface area (Å²) in [5.74, 6) is -8.10. The fourth-order valence-electron chi connectivity index (χ4n) is 13.3. The molecule has 3 fully saturated rings. The number of carbonyl (C=O) groups excluding carboxylic acids is 4. The molecule has 1 amide bonds. The minimum Gasteiger partial charge on any atom is -0.456 e. The number of allylic oxidation sites excluding steroid dienone is 3. The van der Waals surface area contributed by atoms with E-state index in [1.54, 1.807) is 6.92 Å². The fourth-order valence-corrected chi connectivity index (χ4v) is 20.3. The normalized spacial score (nSPS) is 33.1. The van der Waals surface area contributed by atoms with Gasteiger partial charge in [0.25, 0.3) is 17.4 Å². The van der Waals surface area contributed by atoms with E-state index in [9.17, 15) is 33.2 Å². The van der Waals surface area contributed by atoms with Gasteiger partial charge in [0.2, 0.25) is 14.1 Å². The van der Waals surface area contributed by atoms with Crippen LogP contribution in [0.15, 0.2) is 52.5 Å². The van der Waals surface area contributed by atoms with Gasteiger partial charge in [0, 0.05) is 58.1 Å². The Kier molecular flexibility index (Phi) is 23.2. The van der Waals surface area contributed by atoms with Gasteiger partial charge in [-0.3, -0.25) is 28.7 Å². The zero-order valence-electron chi connectivity index (χ0n) is 49.1. The number of nitro benzene ring substituents is 1. The van der Waals surface area contributed by atoms with Crippen LogP contribution >= 0.6 is 0 Å². The molecule has 78 heavy (non-hydrogen) atoms. The van der Waals surface area contributed by atoms with Crippen LogP contribution in [-0.4, -0.2) is 138 Å². The molecule has 1 aromatic carbocycles. The van der Waals surface area contributed by atoms with Crippen LogP contribution in [0.2, 0.25) is 16.6 Å². The van der Waals surface area contributed by atoms with Gasteiger partial charge in [0.15, 0.2) is 4.90 Å². The lowest BCUT2D eigenvalue weighted by Gasteiger charge is -2.47. The number of ketones is 2. The van der Waals surface area contributed by atoms with Gasteiger partial charge in [0.05, 0.1) is 29.3 Å². The number of benzene rings is 1. The number of hydrogen-bond acceptors (Lipinski definition) is 16. The molecule has 14 atom stereocenters. The number of piperidine rings is 1. The number of cyclic esters (lactones) is 1. The maximum Gasteiger partial charge on any atom is 0.329 e. The number of ether oxygens (including phenoxy) is 5. The lowest BCUT2D eigenvalue weighted by Crippen LogP contribution is -2.64. The van der Waals surface area contributed by atoms with E-state index in [1.165, 1.54) is 38.4 Å². The number of aliphatic hydroxyl groups is 1. The largest absolute Gasteiger partial charge is 0.456 e. The summed E-state index contributed by atoms with van der Waals surface area (Å²) in [6.07, 6.45) is 2.08. The number of hydrogen-bond donors (Lipinski definition) is 1. The molecule has 1 aliphatic carbocycles. The summed E-state index contributed by atoms with van der Waals surface area (Å²) in [5.41, 5.74) is 1.29. The van der Waals surface area contributed by atoms with Crippen LogP contribution in [0, 0.1) is 39.7 Å². The number of amides is 1. The van der Waals surface area contributed by atoms with Crippen LogP contribution in [0.25, 0.3) is 0 Å². The Morgan fingerprint density at radius 1 is 0.872 bits per heavy atom. The summed E-state index contributed by atoms with van der Waals surface area (Å²) in [5, 5.41) is 24.3. The topological polar surface area (TPSA) is 234 Å². The molecule has 1 saturated carbocycles. The summed E-state index contributed by atoms with van der Waals surface area (Å²) in [4.78, 5) is 71.4. The highest BCUT2D eigenvalue weighted by Crippen LogP contribution is 2.46. The first-order chi connectivity index (χ1) is 36.6. The van der Waals surface area contributed by atoms with Crippen molar-refractivity contribution < 1.29 is 69.9 Å². The van der Waals surface area contributed by atoms with E-state index in [-0.39, 0.29) is 66.5 Å². The fraction of sp³-hybridized carbons (Fsp3) is 0.759. The Bertz CT molecular complexity index is 2410. The summed E-state index contributed by atoms with van der Waals surface area (Å²) in [7, 11) is -2.95. The number of Topliss-reactive ketones (excluding diaryl/α,β-unsaturated/α-hetero) is 2. The molecular formula is C58H92N2O16SSi. The van der Waals surface area contributed by atoms with Gasteiger partial charge in [0.1, 0.15) is 30.1 Å². The van der Waals surface area contributed by atoms with Crippen molar-refractivity contribution in [3.05, 3.63) is 57.7 Å². The van der Waals surface area contributed by atoms with Crippen LogP contribution in [0.1, 0.15) is 154 Å². The second-order valence-electron chi connectivity index (χ2n) is 23.8. The van der Waals surface area contributed by atoms with Gasteiger partial charge in [-0.15, -0.1) is 0 Å². The molecule has 0 aromatic heterocycles. The predicted molar refractivity (Wildman–Crippen MR) is 297 cm³/mol. The highest BCUT2D eigenvalue weighted by Gasteiger charge is 2.57. The Morgan fingerprint density at radius 3 is 2.08 bits per heavy atom. The molecule has 1 aromatic rings. The Morgan fingerprint density at radius 2 is 1.49 bits per heavy atom. The van der Waals surface area contributed by atoms with Gasteiger partial charge in [-0.2, -0.15) is 8.42 Å². The Balaban J connectivity index is 1.68. The molecule has 3 aliphatic heterocycles. The summed E-state index contributed by atoms with van der Waals surface area (Å²) < 4.78 is 71.8. The highest BCUT2D eigenvalue weighted by molar-refractivity contribution is 7.87. The van der Waals surface area contributed by atoms with Gasteiger partial charge < -0.3 is 38.1 Å². The average molecular weight is 1130 g/mol. The van der Waals surface area contributed by atoms with E-state index in [0.717, 1.165) is 17.7 Å². The third-order valence-electron chi connectivity index (χ3n) is 17.5. The Labute approximate surface area is 465 Å². The molecule has 0 radical (unpaired) electrons. The first-order valence-corrected chi connectivity index (χ1v) is 31.9. The molecule has 18 nitrogen and oxygen atoms in total. The minimum absolute atomic E-state index is 0.00206. The van der Waals surface area contributed by atoms with E-state index >= 15 is 9.59 Å². The van der Waals surface area contributed by atoms with Crippen molar-refractivity contribution in [2.75, 3.05) is 27.9 Å². The second-order valence-corrected chi connectivity index (χ2v) is 30.8. The number of carbonyl (C=O) groups is 4. The van der Waals surface area contributed by atoms with Crippen LogP contribution in [0.4, 0.5) is 5.69 Å². The first-order valence-electron chi connectivity index (χ1n) is 28.4.